The number of hydrogen-bond donors (Lipinski definition) is 1. The van der Waals surface area contributed by atoms with Crippen LogP contribution in [0.15, 0.2) is 54.3 Å². The van der Waals surface area contributed by atoms with Gasteiger partial charge in [0.05, 0.1) is 5.69 Å². The minimum Gasteiger partial charge on any atom is -0.449 e. The first-order chi connectivity index (χ1) is 13.1. The highest BCUT2D eigenvalue weighted by Gasteiger charge is 2.33. The minimum atomic E-state index is -0.343. The van der Waals surface area contributed by atoms with Crippen LogP contribution in [0.3, 0.4) is 0 Å². The Morgan fingerprint density at radius 2 is 1.85 bits per heavy atom. The van der Waals surface area contributed by atoms with Crippen LogP contribution in [0.2, 0.25) is 0 Å². The van der Waals surface area contributed by atoms with Crippen molar-refractivity contribution in [3.05, 3.63) is 59.9 Å². The summed E-state index contributed by atoms with van der Waals surface area (Å²) in [5.74, 6) is 0.299. The zero-order valence-corrected chi connectivity index (χ0v) is 14.9. The smallest absolute Gasteiger partial charge is 0.294 e. The summed E-state index contributed by atoms with van der Waals surface area (Å²) < 4.78 is 5.83. The molecule has 0 bridgehead atoms. The average Bonchev–Trinajstić information content (AvgIpc) is 3.21. The van der Waals surface area contributed by atoms with E-state index in [0.717, 1.165) is 31.5 Å². The molecule has 2 N–H and O–H groups in total. The van der Waals surface area contributed by atoms with Crippen molar-refractivity contribution in [2.24, 2.45) is 0 Å². The van der Waals surface area contributed by atoms with Gasteiger partial charge < -0.3 is 15.4 Å². The van der Waals surface area contributed by atoms with Crippen molar-refractivity contribution in [2.45, 2.75) is 12.8 Å². The number of carbonyl (C=O) groups excluding carboxylic acids is 2. The first-order valence-corrected chi connectivity index (χ1v) is 9.05. The lowest BCUT2D eigenvalue weighted by molar-refractivity contribution is -0.130. The molecule has 0 saturated carbocycles. The molecule has 138 valence electrons. The van der Waals surface area contributed by atoms with E-state index >= 15 is 0 Å². The van der Waals surface area contributed by atoms with Gasteiger partial charge in [-0.2, -0.15) is 0 Å². The first-order valence-electron chi connectivity index (χ1n) is 9.05. The lowest BCUT2D eigenvalue weighted by Gasteiger charge is -2.31. The van der Waals surface area contributed by atoms with Crippen LogP contribution in [0.4, 0.5) is 11.4 Å². The number of hydrogen-bond acceptors (Lipinski definition) is 4. The van der Waals surface area contributed by atoms with Crippen molar-refractivity contribution in [1.29, 1.82) is 0 Å². The van der Waals surface area contributed by atoms with Gasteiger partial charge >= 0.3 is 0 Å². The Kier molecular flexibility index (Phi) is 4.54. The number of ether oxygens (including phenoxy) is 1. The lowest BCUT2D eigenvalue weighted by atomic mass is 10.1. The Morgan fingerprint density at radius 3 is 2.59 bits per heavy atom. The van der Waals surface area contributed by atoms with Gasteiger partial charge in [0.25, 0.3) is 5.91 Å². The number of nitrogens with zero attached hydrogens (tertiary/aromatic N) is 2. The van der Waals surface area contributed by atoms with Gasteiger partial charge in [-0.15, -0.1) is 0 Å². The number of amides is 2. The second-order valence-electron chi connectivity index (χ2n) is 6.73. The summed E-state index contributed by atoms with van der Waals surface area (Å²) in [5.41, 5.74) is 7.79. The van der Waals surface area contributed by atoms with Crippen LogP contribution < -0.4 is 15.4 Å². The fourth-order valence-electron chi connectivity index (χ4n) is 3.39. The van der Waals surface area contributed by atoms with Gasteiger partial charge in [0.1, 0.15) is 6.54 Å². The highest BCUT2D eigenvalue weighted by atomic mass is 16.5. The molecule has 1 saturated heterocycles. The molecule has 2 amide bonds. The normalized spacial score (nSPS) is 17.8. The molecule has 6 nitrogen and oxygen atoms in total. The van der Waals surface area contributed by atoms with Crippen molar-refractivity contribution < 1.29 is 14.3 Å². The number of nitrogen functional groups attached to an aromatic ring is 1. The Morgan fingerprint density at radius 1 is 1.11 bits per heavy atom. The number of carbonyl (C=O) groups is 2. The van der Waals surface area contributed by atoms with Gasteiger partial charge in [-0.1, -0.05) is 30.3 Å². The van der Waals surface area contributed by atoms with E-state index in [1.807, 2.05) is 30.3 Å². The third-order valence-electron chi connectivity index (χ3n) is 4.80. The maximum absolute atomic E-state index is 13.1. The van der Waals surface area contributed by atoms with E-state index in [1.165, 1.54) is 4.90 Å². The van der Waals surface area contributed by atoms with E-state index < -0.39 is 0 Å². The van der Waals surface area contributed by atoms with E-state index in [0.29, 0.717) is 17.1 Å². The zero-order chi connectivity index (χ0) is 18.8. The Labute approximate surface area is 157 Å². The van der Waals surface area contributed by atoms with Gasteiger partial charge in [-0.25, -0.2) is 0 Å². The largest absolute Gasteiger partial charge is 0.449 e. The highest BCUT2D eigenvalue weighted by molar-refractivity contribution is 6.12. The van der Waals surface area contributed by atoms with Crippen LogP contribution in [-0.2, 0) is 9.59 Å². The molecule has 0 aromatic heterocycles. The summed E-state index contributed by atoms with van der Waals surface area (Å²) in [5, 5.41) is 0. The second kappa shape index (κ2) is 7.15. The number of likely N-dealkylation sites (tertiary alicyclic amines) is 1. The van der Waals surface area contributed by atoms with Crippen molar-refractivity contribution in [3.8, 4) is 5.75 Å². The highest BCUT2D eigenvalue weighted by Crippen LogP contribution is 2.37. The SMILES string of the molecule is Nc1ccc2c(c1)N(CC(=O)N1CCCC1)C(=O)/C(=C\c1ccccc1)O2. The third-order valence-corrected chi connectivity index (χ3v) is 4.80. The number of benzene rings is 2. The van der Waals surface area contributed by atoms with E-state index in [4.69, 9.17) is 10.5 Å². The second-order valence-corrected chi connectivity index (χ2v) is 6.73. The van der Waals surface area contributed by atoms with Gasteiger partial charge in [-0.05, 0) is 42.7 Å². The quantitative estimate of drug-likeness (QED) is 0.672. The molecular weight excluding hydrogens is 342 g/mol. The molecule has 2 heterocycles. The van der Waals surface area contributed by atoms with E-state index in [-0.39, 0.29) is 24.1 Å². The molecule has 1 fully saturated rings. The van der Waals surface area contributed by atoms with Crippen LogP contribution in [0.1, 0.15) is 18.4 Å². The molecule has 4 rings (SSSR count). The fourth-order valence-corrected chi connectivity index (χ4v) is 3.39. The van der Waals surface area contributed by atoms with Gasteiger partial charge in [0.15, 0.2) is 11.5 Å². The van der Waals surface area contributed by atoms with Gasteiger partial charge in [-0.3, -0.25) is 14.5 Å². The van der Waals surface area contributed by atoms with E-state index in [9.17, 15) is 9.59 Å². The molecule has 6 heteroatoms. The van der Waals surface area contributed by atoms with Crippen LogP contribution in [0, 0.1) is 0 Å². The summed E-state index contributed by atoms with van der Waals surface area (Å²) in [6.45, 7) is 1.46. The summed E-state index contributed by atoms with van der Waals surface area (Å²) >= 11 is 0. The third kappa shape index (κ3) is 3.51. The molecule has 0 aliphatic carbocycles. The zero-order valence-electron chi connectivity index (χ0n) is 14.9. The first kappa shape index (κ1) is 17.1. The fraction of sp³-hybridized carbons (Fsp3) is 0.238. The van der Waals surface area contributed by atoms with Gasteiger partial charge in [0.2, 0.25) is 5.91 Å². The minimum absolute atomic E-state index is 0.0230. The number of nitrogens with two attached hydrogens (primary N) is 1. The monoisotopic (exact) mass is 363 g/mol. The lowest BCUT2D eigenvalue weighted by Crippen LogP contribution is -2.45. The molecule has 0 unspecified atom stereocenters. The molecular formula is C21H21N3O3. The summed E-state index contributed by atoms with van der Waals surface area (Å²) in [4.78, 5) is 29.0. The van der Waals surface area contributed by atoms with E-state index in [1.54, 1.807) is 29.2 Å². The van der Waals surface area contributed by atoms with Crippen LogP contribution in [-0.4, -0.2) is 36.3 Å². The molecule has 2 aromatic carbocycles. The van der Waals surface area contributed by atoms with Crippen LogP contribution in [0.25, 0.3) is 6.08 Å². The Bertz CT molecular complexity index is 902. The Balaban J connectivity index is 1.69. The van der Waals surface area contributed by atoms with Crippen molar-refractivity contribution >= 4 is 29.3 Å². The summed E-state index contributed by atoms with van der Waals surface area (Å²) in [7, 11) is 0. The molecule has 2 aromatic rings. The average molecular weight is 363 g/mol. The summed E-state index contributed by atoms with van der Waals surface area (Å²) in [6.07, 6.45) is 3.70. The van der Waals surface area contributed by atoms with Gasteiger partial charge in [0, 0.05) is 18.8 Å². The standard InChI is InChI=1S/C21H21N3O3/c22-16-8-9-18-17(13-16)24(14-20(25)23-10-4-5-11-23)21(26)19(27-18)12-15-6-2-1-3-7-15/h1-3,6-9,12-13H,4-5,10-11,14,22H2/b19-12+. The molecule has 2 aliphatic heterocycles. The number of fused-ring (bicyclic) bond motifs is 1. The summed E-state index contributed by atoms with van der Waals surface area (Å²) in [6, 6.07) is 14.6. The van der Waals surface area contributed by atoms with Crippen molar-refractivity contribution in [3.63, 3.8) is 0 Å². The molecule has 0 radical (unpaired) electrons. The number of anilines is 2. The van der Waals surface area contributed by atoms with Crippen molar-refractivity contribution in [2.75, 3.05) is 30.3 Å². The molecule has 0 spiro atoms. The Hall–Kier alpha value is -3.28. The molecule has 27 heavy (non-hydrogen) atoms. The van der Waals surface area contributed by atoms with Crippen LogP contribution in [0.5, 0.6) is 5.75 Å². The maximum atomic E-state index is 13.1. The van der Waals surface area contributed by atoms with E-state index in [2.05, 4.69) is 0 Å². The number of rotatable bonds is 3. The molecule has 0 atom stereocenters. The topological polar surface area (TPSA) is 75.9 Å². The van der Waals surface area contributed by atoms with Crippen molar-refractivity contribution in [1.82, 2.24) is 4.90 Å². The van der Waals surface area contributed by atoms with Crippen LogP contribution >= 0.6 is 0 Å². The molecule has 2 aliphatic rings. The maximum Gasteiger partial charge on any atom is 0.294 e. The predicted molar refractivity (Wildman–Crippen MR) is 104 cm³/mol. The predicted octanol–water partition coefficient (Wildman–Crippen LogP) is 2.66.